The molecule has 0 aliphatic carbocycles. The molecule has 0 unspecified atom stereocenters. The topological polar surface area (TPSA) is 72.9 Å². The maximum absolute atomic E-state index is 10.9. The van der Waals surface area contributed by atoms with Gasteiger partial charge in [0.05, 0.1) is 5.69 Å². The van der Waals surface area contributed by atoms with E-state index in [-0.39, 0.29) is 0 Å². The monoisotopic (exact) mass is 258 g/mol. The molecule has 3 N–H and O–H groups in total. The third-order valence-electron chi connectivity index (χ3n) is 3.00. The van der Waals surface area contributed by atoms with Crippen LogP contribution in [0.15, 0.2) is 30.5 Å². The van der Waals surface area contributed by atoms with Crippen molar-refractivity contribution in [2.24, 2.45) is 12.8 Å². The Morgan fingerprint density at radius 1 is 1.32 bits per heavy atom. The lowest BCUT2D eigenvalue weighted by molar-refractivity contribution is 0.100. The van der Waals surface area contributed by atoms with Gasteiger partial charge in [-0.25, -0.2) is 0 Å². The Hall–Kier alpha value is -2.14. The van der Waals surface area contributed by atoms with Crippen LogP contribution in [0.5, 0.6) is 0 Å². The van der Waals surface area contributed by atoms with E-state index in [2.05, 4.69) is 10.4 Å². The average molecular weight is 258 g/mol. The molecule has 1 amide bonds. The van der Waals surface area contributed by atoms with Crippen molar-refractivity contribution in [3.63, 3.8) is 0 Å². The second-order valence-electron chi connectivity index (χ2n) is 4.58. The Morgan fingerprint density at radius 2 is 2.00 bits per heavy atom. The van der Waals surface area contributed by atoms with Crippen LogP contribution in [0.2, 0.25) is 0 Å². The number of nitrogens with one attached hydrogen (secondary N) is 1. The minimum absolute atomic E-state index is 0.398. The van der Waals surface area contributed by atoms with E-state index in [9.17, 15) is 4.79 Å². The molecule has 2 rings (SSSR count). The summed E-state index contributed by atoms with van der Waals surface area (Å²) in [5.74, 6) is -0.398. The number of hydrogen-bond donors (Lipinski definition) is 2. The second-order valence-corrected chi connectivity index (χ2v) is 4.58. The van der Waals surface area contributed by atoms with Crippen LogP contribution in [0.1, 0.15) is 27.2 Å². The van der Waals surface area contributed by atoms with Crippen molar-refractivity contribution in [2.45, 2.75) is 20.0 Å². The molecule has 0 saturated carbocycles. The first-order chi connectivity index (χ1) is 9.06. The van der Waals surface area contributed by atoms with Gasteiger partial charge in [0, 0.05) is 37.5 Å². The van der Waals surface area contributed by atoms with Gasteiger partial charge in [0.1, 0.15) is 0 Å². The van der Waals surface area contributed by atoms with E-state index >= 15 is 0 Å². The number of nitrogens with two attached hydrogens (primary N) is 1. The van der Waals surface area contributed by atoms with Gasteiger partial charge < -0.3 is 11.1 Å². The number of aromatic nitrogens is 2. The van der Waals surface area contributed by atoms with Crippen molar-refractivity contribution in [3.8, 4) is 0 Å². The van der Waals surface area contributed by atoms with E-state index in [1.54, 1.807) is 12.1 Å². The van der Waals surface area contributed by atoms with E-state index in [4.69, 9.17) is 5.73 Å². The zero-order valence-corrected chi connectivity index (χ0v) is 11.2. The van der Waals surface area contributed by atoms with Gasteiger partial charge in [-0.1, -0.05) is 12.1 Å². The van der Waals surface area contributed by atoms with E-state index in [1.807, 2.05) is 37.0 Å². The first-order valence-corrected chi connectivity index (χ1v) is 6.15. The Kier molecular flexibility index (Phi) is 3.97. The molecule has 100 valence electrons. The SMILES string of the molecule is Cc1nn(C)cc1CNCc1ccc(C(N)=O)cc1. The minimum Gasteiger partial charge on any atom is -0.366 e. The predicted octanol–water partition coefficient (Wildman–Crippen LogP) is 1.12. The van der Waals surface area contributed by atoms with Gasteiger partial charge in [0.2, 0.25) is 5.91 Å². The summed E-state index contributed by atoms with van der Waals surface area (Å²) in [5, 5.41) is 7.64. The van der Waals surface area contributed by atoms with Gasteiger partial charge in [-0.3, -0.25) is 9.48 Å². The Morgan fingerprint density at radius 3 is 2.53 bits per heavy atom. The normalized spacial score (nSPS) is 10.6. The number of carbonyl (C=O) groups excluding carboxylic acids is 1. The maximum Gasteiger partial charge on any atom is 0.248 e. The molecule has 0 radical (unpaired) electrons. The van der Waals surface area contributed by atoms with E-state index < -0.39 is 5.91 Å². The van der Waals surface area contributed by atoms with Crippen LogP contribution >= 0.6 is 0 Å². The number of nitrogens with zero attached hydrogens (tertiary/aromatic N) is 2. The highest BCUT2D eigenvalue weighted by atomic mass is 16.1. The van der Waals surface area contributed by atoms with Crippen molar-refractivity contribution >= 4 is 5.91 Å². The number of carbonyl (C=O) groups is 1. The first kappa shape index (κ1) is 13.3. The lowest BCUT2D eigenvalue weighted by Crippen LogP contribution is -2.14. The van der Waals surface area contributed by atoms with Crippen molar-refractivity contribution < 1.29 is 4.79 Å². The van der Waals surface area contributed by atoms with Crippen LogP contribution < -0.4 is 11.1 Å². The average Bonchev–Trinajstić information content (AvgIpc) is 2.68. The predicted molar refractivity (Wildman–Crippen MR) is 73.4 cm³/mol. The molecule has 1 heterocycles. The van der Waals surface area contributed by atoms with E-state index in [0.29, 0.717) is 5.56 Å². The fourth-order valence-corrected chi connectivity index (χ4v) is 1.95. The molecule has 5 heteroatoms. The van der Waals surface area contributed by atoms with Crippen LogP contribution in [0.4, 0.5) is 0 Å². The molecular weight excluding hydrogens is 240 g/mol. The molecular formula is C14H18N4O. The molecule has 5 nitrogen and oxygen atoms in total. The third-order valence-corrected chi connectivity index (χ3v) is 3.00. The molecule has 0 atom stereocenters. The molecule has 0 spiro atoms. The summed E-state index contributed by atoms with van der Waals surface area (Å²) >= 11 is 0. The van der Waals surface area contributed by atoms with E-state index in [0.717, 1.165) is 24.3 Å². The van der Waals surface area contributed by atoms with Gasteiger partial charge in [-0.05, 0) is 24.6 Å². The van der Waals surface area contributed by atoms with Gasteiger partial charge in [0.15, 0.2) is 0 Å². The molecule has 0 aliphatic heterocycles. The smallest absolute Gasteiger partial charge is 0.248 e. The molecule has 2 aromatic rings. The van der Waals surface area contributed by atoms with Crippen LogP contribution in [0.25, 0.3) is 0 Å². The number of hydrogen-bond acceptors (Lipinski definition) is 3. The van der Waals surface area contributed by atoms with Crippen molar-refractivity contribution in [2.75, 3.05) is 0 Å². The largest absolute Gasteiger partial charge is 0.366 e. The van der Waals surface area contributed by atoms with Gasteiger partial charge >= 0.3 is 0 Å². The molecule has 1 aromatic carbocycles. The molecule has 0 bridgehead atoms. The summed E-state index contributed by atoms with van der Waals surface area (Å²) in [6.45, 7) is 3.52. The van der Waals surface area contributed by atoms with Crippen LogP contribution in [0.3, 0.4) is 0 Å². The summed E-state index contributed by atoms with van der Waals surface area (Å²) in [4.78, 5) is 10.9. The molecule has 0 saturated heterocycles. The van der Waals surface area contributed by atoms with Crippen molar-refractivity contribution in [1.29, 1.82) is 0 Å². The van der Waals surface area contributed by atoms with E-state index in [1.165, 1.54) is 5.56 Å². The number of rotatable bonds is 5. The molecule has 0 fully saturated rings. The summed E-state index contributed by atoms with van der Waals surface area (Å²) in [6.07, 6.45) is 2.01. The third kappa shape index (κ3) is 3.42. The Balaban J connectivity index is 1.89. The molecule has 0 aliphatic rings. The minimum atomic E-state index is -0.398. The number of primary amides is 1. The maximum atomic E-state index is 10.9. The number of benzene rings is 1. The van der Waals surface area contributed by atoms with Gasteiger partial charge in [0.25, 0.3) is 0 Å². The Labute approximate surface area is 112 Å². The lowest BCUT2D eigenvalue weighted by Gasteiger charge is -2.04. The summed E-state index contributed by atoms with van der Waals surface area (Å²) in [5.41, 5.74) is 9.08. The fraction of sp³-hybridized carbons (Fsp3) is 0.286. The van der Waals surface area contributed by atoms with Gasteiger partial charge in [-0.15, -0.1) is 0 Å². The summed E-state index contributed by atoms with van der Waals surface area (Å²) in [7, 11) is 1.92. The van der Waals surface area contributed by atoms with Gasteiger partial charge in [-0.2, -0.15) is 5.10 Å². The second kappa shape index (κ2) is 5.67. The number of amides is 1. The zero-order chi connectivity index (χ0) is 13.8. The Bertz CT molecular complexity index is 572. The number of aryl methyl sites for hydroxylation is 2. The zero-order valence-electron chi connectivity index (χ0n) is 11.2. The first-order valence-electron chi connectivity index (χ1n) is 6.15. The summed E-state index contributed by atoms with van der Waals surface area (Å²) in [6, 6.07) is 7.30. The van der Waals surface area contributed by atoms with Crippen molar-refractivity contribution in [1.82, 2.24) is 15.1 Å². The molecule has 19 heavy (non-hydrogen) atoms. The van der Waals surface area contributed by atoms with Crippen LogP contribution in [0, 0.1) is 6.92 Å². The van der Waals surface area contributed by atoms with Crippen LogP contribution in [-0.4, -0.2) is 15.7 Å². The van der Waals surface area contributed by atoms with Crippen LogP contribution in [-0.2, 0) is 20.1 Å². The highest BCUT2D eigenvalue weighted by molar-refractivity contribution is 5.92. The standard InChI is InChI=1S/C14H18N4O/c1-10-13(9-18(2)17-10)8-16-7-11-3-5-12(6-4-11)14(15)19/h3-6,9,16H,7-8H2,1-2H3,(H2,15,19). The summed E-state index contributed by atoms with van der Waals surface area (Å²) < 4.78 is 1.81. The molecule has 1 aromatic heterocycles. The lowest BCUT2D eigenvalue weighted by atomic mass is 10.1. The van der Waals surface area contributed by atoms with Crippen molar-refractivity contribution in [3.05, 3.63) is 52.8 Å². The fourth-order valence-electron chi connectivity index (χ4n) is 1.95. The highest BCUT2D eigenvalue weighted by Gasteiger charge is 2.03. The highest BCUT2D eigenvalue weighted by Crippen LogP contribution is 2.06. The quantitative estimate of drug-likeness (QED) is 0.844.